The van der Waals surface area contributed by atoms with Crippen molar-refractivity contribution in [3.63, 3.8) is 0 Å². The molecule has 2 atom stereocenters. The van der Waals surface area contributed by atoms with Crippen LogP contribution in [0.25, 0.3) is 0 Å². The Bertz CT molecular complexity index is 787. The van der Waals surface area contributed by atoms with Crippen LogP contribution in [0.4, 0.5) is 5.69 Å². The number of nitrogens with zero attached hydrogens (tertiary/aromatic N) is 1. The number of anilines is 1. The smallest absolute Gasteiger partial charge is 0.251 e. The van der Waals surface area contributed by atoms with Crippen LogP contribution in [-0.4, -0.2) is 19.0 Å². The summed E-state index contributed by atoms with van der Waals surface area (Å²) in [7, 11) is 0. The van der Waals surface area contributed by atoms with Gasteiger partial charge in [-0.3, -0.25) is 4.79 Å². The van der Waals surface area contributed by atoms with Gasteiger partial charge in [-0.15, -0.1) is 0 Å². The van der Waals surface area contributed by atoms with Crippen molar-refractivity contribution >= 4 is 11.6 Å². The van der Waals surface area contributed by atoms with Crippen molar-refractivity contribution in [1.29, 1.82) is 0 Å². The largest absolute Gasteiger partial charge is 0.371 e. The fourth-order valence-corrected chi connectivity index (χ4v) is 3.88. The van der Waals surface area contributed by atoms with Gasteiger partial charge in [-0.05, 0) is 66.5 Å². The Labute approximate surface area is 170 Å². The van der Waals surface area contributed by atoms with Crippen molar-refractivity contribution < 1.29 is 4.79 Å². The molecule has 1 aliphatic rings. The summed E-state index contributed by atoms with van der Waals surface area (Å²) in [5.41, 5.74) is 4.45. The molecule has 0 radical (unpaired) electrons. The lowest BCUT2D eigenvalue weighted by Crippen LogP contribution is -2.34. The van der Waals surface area contributed by atoms with E-state index in [1.165, 1.54) is 24.1 Å². The van der Waals surface area contributed by atoms with Crippen LogP contribution in [0.2, 0.25) is 0 Å². The number of hydrogen-bond donors (Lipinski definition) is 1. The lowest BCUT2D eigenvalue weighted by atomic mass is 9.86. The molecule has 0 aliphatic carbocycles. The monoisotopic (exact) mass is 378 g/mol. The van der Waals surface area contributed by atoms with Crippen LogP contribution in [0, 0.1) is 5.92 Å². The van der Waals surface area contributed by atoms with Crippen molar-refractivity contribution in [2.75, 3.05) is 18.0 Å². The first-order valence-corrected chi connectivity index (χ1v) is 10.5. The fraction of sp³-hybridized carbons (Fsp3) is 0.480. The topological polar surface area (TPSA) is 32.3 Å². The third-order valence-electron chi connectivity index (χ3n) is 5.78. The number of benzene rings is 2. The molecule has 1 amide bonds. The molecule has 3 nitrogen and oxygen atoms in total. The van der Waals surface area contributed by atoms with Crippen LogP contribution >= 0.6 is 0 Å². The molecular weight excluding hydrogens is 344 g/mol. The second-order valence-electron chi connectivity index (χ2n) is 9.31. The van der Waals surface area contributed by atoms with Crippen LogP contribution < -0.4 is 10.2 Å². The number of carbonyl (C=O) groups is 1. The lowest BCUT2D eigenvalue weighted by Gasteiger charge is -2.33. The third kappa shape index (κ3) is 4.95. The van der Waals surface area contributed by atoms with E-state index in [0.717, 1.165) is 24.6 Å². The Morgan fingerprint density at radius 1 is 1.07 bits per heavy atom. The molecule has 2 aromatic rings. The zero-order valence-electron chi connectivity index (χ0n) is 18.0. The highest BCUT2D eigenvalue weighted by atomic mass is 16.1. The molecule has 3 heteroatoms. The second-order valence-corrected chi connectivity index (χ2v) is 9.31. The average molecular weight is 379 g/mol. The van der Waals surface area contributed by atoms with Gasteiger partial charge in [0.25, 0.3) is 5.91 Å². The maximum absolute atomic E-state index is 12.6. The SMILES string of the molecule is CC1CCCN(c2ccc(C(C)NC(=O)c3ccc(C(C)(C)C)cc3)cc2)C1. The highest BCUT2D eigenvalue weighted by Gasteiger charge is 2.18. The molecule has 0 aromatic heterocycles. The molecule has 2 aromatic carbocycles. The Morgan fingerprint density at radius 3 is 2.29 bits per heavy atom. The minimum atomic E-state index is -0.0260. The van der Waals surface area contributed by atoms with Crippen LogP contribution in [0.1, 0.15) is 75.0 Å². The van der Waals surface area contributed by atoms with Crippen LogP contribution in [0.5, 0.6) is 0 Å². The number of carbonyl (C=O) groups excluding carboxylic acids is 1. The maximum Gasteiger partial charge on any atom is 0.251 e. The van der Waals surface area contributed by atoms with Crippen LogP contribution in [0.15, 0.2) is 48.5 Å². The summed E-state index contributed by atoms with van der Waals surface area (Å²) < 4.78 is 0. The summed E-state index contributed by atoms with van der Waals surface area (Å²) in [4.78, 5) is 15.1. The van der Waals surface area contributed by atoms with Crippen molar-refractivity contribution in [2.45, 2.75) is 58.9 Å². The van der Waals surface area contributed by atoms with Gasteiger partial charge in [-0.25, -0.2) is 0 Å². The Kier molecular flexibility index (Phi) is 6.12. The average Bonchev–Trinajstić information content (AvgIpc) is 2.67. The molecule has 1 heterocycles. The van der Waals surface area contributed by atoms with Crippen LogP contribution in [0.3, 0.4) is 0 Å². The fourth-order valence-electron chi connectivity index (χ4n) is 3.88. The lowest BCUT2D eigenvalue weighted by molar-refractivity contribution is 0.0940. The third-order valence-corrected chi connectivity index (χ3v) is 5.78. The number of nitrogens with one attached hydrogen (secondary N) is 1. The molecule has 1 fully saturated rings. The van der Waals surface area contributed by atoms with Gasteiger partial charge < -0.3 is 10.2 Å². The minimum Gasteiger partial charge on any atom is -0.371 e. The van der Waals surface area contributed by atoms with Gasteiger partial charge in [0.15, 0.2) is 0 Å². The zero-order chi connectivity index (χ0) is 20.3. The molecule has 1 N–H and O–H groups in total. The number of hydrogen-bond acceptors (Lipinski definition) is 2. The molecule has 0 spiro atoms. The van der Waals surface area contributed by atoms with E-state index in [1.807, 2.05) is 31.2 Å². The Balaban J connectivity index is 1.62. The van der Waals surface area contributed by atoms with Gasteiger partial charge in [0.05, 0.1) is 6.04 Å². The summed E-state index contributed by atoms with van der Waals surface area (Å²) in [5, 5.41) is 3.12. The first-order valence-electron chi connectivity index (χ1n) is 10.5. The summed E-state index contributed by atoms with van der Waals surface area (Å²) in [6.07, 6.45) is 2.60. The molecular formula is C25H34N2O. The summed E-state index contributed by atoms with van der Waals surface area (Å²) in [5.74, 6) is 0.734. The van der Waals surface area contributed by atoms with E-state index in [2.05, 4.69) is 62.2 Å². The van der Waals surface area contributed by atoms with Gasteiger partial charge in [-0.1, -0.05) is 52.0 Å². The van der Waals surface area contributed by atoms with E-state index >= 15 is 0 Å². The van der Waals surface area contributed by atoms with Gasteiger partial charge >= 0.3 is 0 Å². The molecule has 150 valence electrons. The van der Waals surface area contributed by atoms with Crippen molar-refractivity contribution in [3.05, 3.63) is 65.2 Å². The highest BCUT2D eigenvalue weighted by Crippen LogP contribution is 2.25. The number of amides is 1. The standard InChI is InChI=1S/C25H34N2O/c1-18-7-6-16-27(17-18)23-14-10-20(11-15-23)19(2)26-24(28)21-8-12-22(13-9-21)25(3,4)5/h8-15,18-19H,6-7,16-17H2,1-5H3,(H,26,28). The van der Waals surface area contributed by atoms with E-state index in [4.69, 9.17) is 0 Å². The van der Waals surface area contributed by atoms with Crippen molar-refractivity contribution in [2.24, 2.45) is 5.92 Å². The molecule has 3 rings (SSSR count). The highest BCUT2D eigenvalue weighted by molar-refractivity contribution is 5.94. The molecule has 0 saturated carbocycles. The maximum atomic E-state index is 12.6. The van der Waals surface area contributed by atoms with Crippen molar-refractivity contribution in [3.8, 4) is 0 Å². The van der Waals surface area contributed by atoms with E-state index in [-0.39, 0.29) is 17.4 Å². The normalized spacial score (nSPS) is 18.6. The summed E-state index contributed by atoms with van der Waals surface area (Å²) in [6.45, 7) is 13.2. The molecule has 2 unspecified atom stereocenters. The van der Waals surface area contributed by atoms with Crippen molar-refractivity contribution in [1.82, 2.24) is 5.32 Å². The first kappa shape index (κ1) is 20.4. The molecule has 28 heavy (non-hydrogen) atoms. The first-order chi connectivity index (χ1) is 13.2. The van der Waals surface area contributed by atoms with Crippen LogP contribution in [-0.2, 0) is 5.41 Å². The van der Waals surface area contributed by atoms with Gasteiger partial charge in [-0.2, -0.15) is 0 Å². The Morgan fingerprint density at radius 2 is 1.71 bits per heavy atom. The van der Waals surface area contributed by atoms with Gasteiger partial charge in [0.2, 0.25) is 0 Å². The van der Waals surface area contributed by atoms with E-state index < -0.39 is 0 Å². The van der Waals surface area contributed by atoms with Gasteiger partial charge in [0, 0.05) is 24.3 Å². The molecule has 1 saturated heterocycles. The minimum absolute atomic E-state index is 0.0240. The van der Waals surface area contributed by atoms with E-state index in [9.17, 15) is 4.79 Å². The van der Waals surface area contributed by atoms with E-state index in [1.54, 1.807) is 0 Å². The summed E-state index contributed by atoms with van der Waals surface area (Å²) in [6, 6.07) is 16.6. The zero-order valence-corrected chi connectivity index (χ0v) is 18.0. The predicted octanol–water partition coefficient (Wildman–Crippen LogP) is 5.71. The van der Waals surface area contributed by atoms with Gasteiger partial charge in [0.1, 0.15) is 0 Å². The molecule has 0 bridgehead atoms. The number of piperidine rings is 1. The predicted molar refractivity (Wildman–Crippen MR) is 118 cm³/mol. The number of rotatable bonds is 4. The molecule has 1 aliphatic heterocycles. The Hall–Kier alpha value is -2.29. The van der Waals surface area contributed by atoms with E-state index in [0.29, 0.717) is 5.56 Å². The second kappa shape index (κ2) is 8.38. The quantitative estimate of drug-likeness (QED) is 0.739. The summed E-state index contributed by atoms with van der Waals surface area (Å²) >= 11 is 0.